The molecule has 0 saturated heterocycles. The molecule has 4 aromatic rings. The van der Waals surface area contributed by atoms with Crippen LogP contribution in [0.4, 0.5) is 0 Å². The zero-order valence-electron chi connectivity index (χ0n) is 25.5. The van der Waals surface area contributed by atoms with Crippen LogP contribution in [0.15, 0.2) is 71.8 Å². The lowest BCUT2D eigenvalue weighted by Crippen LogP contribution is -2.31. The van der Waals surface area contributed by atoms with E-state index < -0.39 is 21.8 Å². The van der Waals surface area contributed by atoms with E-state index in [9.17, 15) is 22.8 Å². The molecule has 0 aliphatic heterocycles. The molecule has 0 spiro atoms. The van der Waals surface area contributed by atoms with Crippen LogP contribution in [0.25, 0.3) is 10.9 Å². The summed E-state index contributed by atoms with van der Waals surface area (Å²) in [6.45, 7) is 2.70. The summed E-state index contributed by atoms with van der Waals surface area (Å²) >= 11 is 0. The number of aryl methyl sites for hydroxylation is 2. The highest BCUT2D eigenvalue weighted by Crippen LogP contribution is 2.30. The van der Waals surface area contributed by atoms with Crippen LogP contribution in [0.2, 0.25) is 0 Å². The van der Waals surface area contributed by atoms with Gasteiger partial charge in [0, 0.05) is 54.2 Å². The van der Waals surface area contributed by atoms with Crippen molar-refractivity contribution in [2.24, 2.45) is 11.7 Å². The minimum absolute atomic E-state index is 0.0289. The number of primary amides is 1. The van der Waals surface area contributed by atoms with Gasteiger partial charge in [-0.2, -0.15) is 0 Å². The summed E-state index contributed by atoms with van der Waals surface area (Å²) in [4.78, 5) is 37.7. The van der Waals surface area contributed by atoms with Gasteiger partial charge in [0.25, 0.3) is 21.8 Å². The van der Waals surface area contributed by atoms with Crippen LogP contribution < -0.4 is 20.5 Å². The molecule has 1 fully saturated rings. The topological polar surface area (TPSA) is 150 Å². The lowest BCUT2D eigenvalue weighted by Gasteiger charge is -2.12. The highest BCUT2D eigenvalue weighted by Gasteiger charge is 2.22. The molecule has 0 atom stereocenters. The Labute approximate surface area is 263 Å². The van der Waals surface area contributed by atoms with E-state index in [4.69, 9.17) is 10.5 Å². The van der Waals surface area contributed by atoms with Crippen LogP contribution in [0, 0.1) is 12.8 Å². The molecule has 3 amide bonds. The zero-order valence-corrected chi connectivity index (χ0v) is 26.3. The van der Waals surface area contributed by atoms with E-state index in [2.05, 4.69) is 10.0 Å². The molecule has 4 N–H and O–H groups in total. The predicted octanol–water partition coefficient (Wildman–Crippen LogP) is 4.46. The second-order valence-electron chi connectivity index (χ2n) is 11.6. The van der Waals surface area contributed by atoms with Crippen LogP contribution in [0.1, 0.15) is 69.5 Å². The molecule has 0 unspecified atom stereocenters. The third kappa shape index (κ3) is 7.37. The molecular formula is C34H38N4O6S. The molecule has 11 heteroatoms. The zero-order chi connectivity index (χ0) is 32.1. The lowest BCUT2D eigenvalue weighted by molar-refractivity contribution is -0.118. The van der Waals surface area contributed by atoms with Gasteiger partial charge in [0.05, 0.1) is 12.0 Å². The van der Waals surface area contributed by atoms with E-state index in [-0.39, 0.29) is 22.8 Å². The van der Waals surface area contributed by atoms with Gasteiger partial charge in [0.2, 0.25) is 5.91 Å². The SMILES string of the molecule is COc1cc(C(=O)NS(=O)(=O)c2ccccc2C)ccc1Cc1cn(CCC(N)=O)c2ccc(C(=O)NCC3CCCC3)cc12. The number of sulfonamides is 1. The van der Waals surface area contributed by atoms with Crippen LogP contribution in [0.5, 0.6) is 5.75 Å². The number of hydrogen-bond acceptors (Lipinski definition) is 6. The molecule has 0 bridgehead atoms. The number of nitrogens with one attached hydrogen (secondary N) is 2. The Kier molecular flexibility index (Phi) is 9.57. The number of carbonyl (C=O) groups excluding carboxylic acids is 3. The molecule has 3 aromatic carbocycles. The van der Waals surface area contributed by atoms with Crippen LogP contribution >= 0.6 is 0 Å². The number of amides is 3. The van der Waals surface area contributed by atoms with Crippen molar-refractivity contribution < 1.29 is 27.5 Å². The number of aromatic nitrogens is 1. The Morgan fingerprint density at radius 2 is 1.67 bits per heavy atom. The van der Waals surface area contributed by atoms with E-state index >= 15 is 0 Å². The van der Waals surface area contributed by atoms with Crippen molar-refractivity contribution in [2.45, 2.75) is 56.9 Å². The summed E-state index contributed by atoms with van der Waals surface area (Å²) in [5.74, 6) is -0.406. The maximum atomic E-state index is 13.1. The molecule has 1 saturated carbocycles. The van der Waals surface area contributed by atoms with E-state index in [1.807, 2.05) is 22.9 Å². The van der Waals surface area contributed by atoms with Crippen molar-refractivity contribution in [3.8, 4) is 5.75 Å². The van der Waals surface area contributed by atoms with Gasteiger partial charge in [-0.15, -0.1) is 0 Å². The maximum Gasteiger partial charge on any atom is 0.265 e. The third-order valence-electron chi connectivity index (χ3n) is 8.39. The standard InChI is InChI=1S/C34H38N4O6S/c1-22-7-3-6-10-31(22)45(42,43)37-34(41)26-12-11-24(30(19-26)44-2)17-27-21-38(16-15-32(35)39)29-14-13-25(18-28(27)29)33(40)36-20-23-8-4-5-9-23/h3,6-7,10-14,18-19,21,23H,4-5,8-9,15-17,20H2,1-2H3,(H2,35,39)(H,36,40)(H,37,41). The number of nitrogens with zero attached hydrogens (tertiary/aromatic N) is 1. The molecule has 45 heavy (non-hydrogen) atoms. The van der Waals surface area contributed by atoms with Crippen molar-refractivity contribution in [1.29, 1.82) is 0 Å². The highest BCUT2D eigenvalue weighted by molar-refractivity contribution is 7.90. The maximum absolute atomic E-state index is 13.1. The number of nitrogens with two attached hydrogens (primary N) is 1. The van der Waals surface area contributed by atoms with E-state index in [1.165, 1.54) is 32.1 Å². The van der Waals surface area contributed by atoms with Crippen molar-refractivity contribution >= 4 is 38.6 Å². The number of ether oxygens (including phenoxy) is 1. The summed E-state index contributed by atoms with van der Waals surface area (Å²) < 4.78 is 35.5. The lowest BCUT2D eigenvalue weighted by atomic mass is 10.0. The Balaban J connectivity index is 1.41. The summed E-state index contributed by atoms with van der Waals surface area (Å²) in [5.41, 5.74) is 9.11. The van der Waals surface area contributed by atoms with Crippen molar-refractivity contribution in [3.05, 3.63) is 94.7 Å². The van der Waals surface area contributed by atoms with Gasteiger partial charge < -0.3 is 20.4 Å². The first-order chi connectivity index (χ1) is 21.6. The summed E-state index contributed by atoms with van der Waals surface area (Å²) in [5, 5.41) is 3.93. The highest BCUT2D eigenvalue weighted by atomic mass is 32.2. The van der Waals surface area contributed by atoms with Crippen molar-refractivity contribution in [3.63, 3.8) is 0 Å². The largest absolute Gasteiger partial charge is 0.496 e. The van der Waals surface area contributed by atoms with Gasteiger partial charge in [-0.05, 0) is 78.8 Å². The summed E-state index contributed by atoms with van der Waals surface area (Å²) in [6.07, 6.45) is 7.16. The van der Waals surface area contributed by atoms with Gasteiger partial charge in [-0.3, -0.25) is 14.4 Å². The van der Waals surface area contributed by atoms with Gasteiger partial charge in [0.15, 0.2) is 0 Å². The fourth-order valence-corrected chi connectivity index (χ4v) is 7.17. The Morgan fingerprint density at radius 3 is 2.38 bits per heavy atom. The average Bonchev–Trinajstić information content (AvgIpc) is 3.66. The normalized spacial score (nSPS) is 13.6. The predicted molar refractivity (Wildman–Crippen MR) is 172 cm³/mol. The van der Waals surface area contributed by atoms with Crippen LogP contribution in [-0.2, 0) is 27.8 Å². The van der Waals surface area contributed by atoms with Gasteiger partial charge in [0.1, 0.15) is 5.75 Å². The molecule has 1 aliphatic rings. The average molecular weight is 631 g/mol. The van der Waals surface area contributed by atoms with Gasteiger partial charge >= 0.3 is 0 Å². The molecule has 0 radical (unpaired) electrons. The minimum Gasteiger partial charge on any atom is -0.496 e. The van der Waals surface area contributed by atoms with Crippen molar-refractivity contribution in [1.82, 2.24) is 14.6 Å². The molecule has 10 nitrogen and oxygen atoms in total. The van der Waals surface area contributed by atoms with E-state index in [0.29, 0.717) is 42.3 Å². The molecule has 1 heterocycles. The minimum atomic E-state index is -4.08. The second-order valence-corrected chi connectivity index (χ2v) is 13.2. The first-order valence-electron chi connectivity index (χ1n) is 15.0. The smallest absolute Gasteiger partial charge is 0.265 e. The first kappa shape index (κ1) is 31.8. The third-order valence-corrected chi connectivity index (χ3v) is 9.88. The second kappa shape index (κ2) is 13.6. The molecular weight excluding hydrogens is 592 g/mol. The van der Waals surface area contributed by atoms with Crippen LogP contribution in [0.3, 0.4) is 0 Å². The van der Waals surface area contributed by atoms with E-state index in [0.717, 1.165) is 34.9 Å². The quantitative estimate of drug-likeness (QED) is 0.210. The Hall–Kier alpha value is -4.64. The number of hydrogen-bond donors (Lipinski definition) is 3. The fraction of sp³-hybridized carbons (Fsp3) is 0.324. The van der Waals surface area contributed by atoms with Gasteiger partial charge in [-0.1, -0.05) is 37.1 Å². The number of rotatable bonds is 12. The summed E-state index contributed by atoms with van der Waals surface area (Å²) in [7, 11) is -2.60. The van der Waals surface area contributed by atoms with E-state index in [1.54, 1.807) is 43.3 Å². The molecule has 236 valence electrons. The molecule has 1 aromatic heterocycles. The Morgan fingerprint density at radius 1 is 0.956 bits per heavy atom. The van der Waals surface area contributed by atoms with Gasteiger partial charge in [-0.25, -0.2) is 13.1 Å². The first-order valence-corrected chi connectivity index (χ1v) is 16.5. The molecule has 1 aliphatic carbocycles. The number of methoxy groups -OCH3 is 1. The fourth-order valence-electron chi connectivity index (χ4n) is 5.95. The number of carbonyl (C=O) groups is 3. The number of fused-ring (bicyclic) bond motifs is 1. The van der Waals surface area contributed by atoms with Crippen LogP contribution in [-0.4, -0.2) is 44.4 Å². The Bertz CT molecular complexity index is 1860. The molecule has 5 rings (SSSR count). The number of benzene rings is 3. The van der Waals surface area contributed by atoms with Crippen molar-refractivity contribution in [2.75, 3.05) is 13.7 Å². The monoisotopic (exact) mass is 630 g/mol. The summed E-state index contributed by atoms with van der Waals surface area (Å²) in [6, 6.07) is 16.7.